The molecular formula is C15H15NO5S. The van der Waals surface area contributed by atoms with Crippen LogP contribution in [0.5, 0.6) is 0 Å². The molecule has 1 heterocycles. The van der Waals surface area contributed by atoms with Crippen molar-refractivity contribution in [2.45, 2.75) is 20.1 Å². The maximum Gasteiger partial charge on any atom is 0.337 e. The Balaban J connectivity index is 1.97. The molecule has 0 radical (unpaired) electrons. The standard InChI is InChI=1S/C15H15NO5S/c1-10-9-22-15(19)16(10)7-13(17)21-8-11-4-3-5-12(6-11)14(18)20-2/h3-6,9H,7-8H2,1-2H3. The number of hydrogen-bond donors (Lipinski definition) is 0. The Hall–Kier alpha value is -2.41. The van der Waals surface area contributed by atoms with Crippen LogP contribution in [0.2, 0.25) is 0 Å². The van der Waals surface area contributed by atoms with Gasteiger partial charge >= 0.3 is 16.8 Å². The number of benzene rings is 1. The molecule has 0 spiro atoms. The monoisotopic (exact) mass is 321 g/mol. The van der Waals surface area contributed by atoms with Crippen molar-refractivity contribution in [3.63, 3.8) is 0 Å². The van der Waals surface area contributed by atoms with Crippen LogP contribution in [0.15, 0.2) is 34.4 Å². The molecule has 116 valence electrons. The number of rotatable bonds is 5. The summed E-state index contributed by atoms with van der Waals surface area (Å²) in [5, 5.41) is 1.69. The van der Waals surface area contributed by atoms with Gasteiger partial charge in [-0.1, -0.05) is 23.5 Å². The fourth-order valence-electron chi connectivity index (χ4n) is 1.84. The predicted octanol–water partition coefficient (Wildman–Crippen LogP) is 1.75. The second-order valence-electron chi connectivity index (χ2n) is 4.58. The molecule has 6 nitrogen and oxygen atoms in total. The number of nitrogens with zero attached hydrogens (tertiary/aromatic N) is 1. The van der Waals surface area contributed by atoms with Gasteiger partial charge in [0.05, 0.1) is 12.7 Å². The van der Waals surface area contributed by atoms with Crippen LogP contribution in [-0.2, 0) is 27.4 Å². The summed E-state index contributed by atoms with van der Waals surface area (Å²) < 4.78 is 11.1. The molecule has 0 aliphatic rings. The summed E-state index contributed by atoms with van der Waals surface area (Å²) in [7, 11) is 1.30. The first kappa shape index (κ1) is 16.0. The molecule has 0 aliphatic carbocycles. The highest BCUT2D eigenvalue weighted by Crippen LogP contribution is 2.08. The van der Waals surface area contributed by atoms with E-state index < -0.39 is 11.9 Å². The van der Waals surface area contributed by atoms with E-state index in [2.05, 4.69) is 4.74 Å². The van der Waals surface area contributed by atoms with Crippen LogP contribution >= 0.6 is 11.3 Å². The van der Waals surface area contributed by atoms with Crippen LogP contribution in [0, 0.1) is 6.92 Å². The van der Waals surface area contributed by atoms with Crippen LogP contribution in [0.25, 0.3) is 0 Å². The molecule has 0 atom stereocenters. The van der Waals surface area contributed by atoms with E-state index in [1.54, 1.807) is 36.6 Å². The van der Waals surface area contributed by atoms with Gasteiger partial charge in [-0.2, -0.15) is 0 Å². The van der Waals surface area contributed by atoms with Gasteiger partial charge < -0.3 is 9.47 Å². The first-order valence-electron chi connectivity index (χ1n) is 6.49. The third kappa shape index (κ3) is 3.82. The fourth-order valence-corrected chi connectivity index (χ4v) is 2.58. The van der Waals surface area contributed by atoms with E-state index in [9.17, 15) is 14.4 Å². The Morgan fingerprint density at radius 3 is 2.73 bits per heavy atom. The first-order chi connectivity index (χ1) is 10.5. The SMILES string of the molecule is COC(=O)c1cccc(COC(=O)Cn2c(C)csc2=O)c1. The average molecular weight is 321 g/mol. The normalized spacial score (nSPS) is 10.3. The first-order valence-corrected chi connectivity index (χ1v) is 7.37. The Bertz CT molecular complexity index is 746. The van der Waals surface area contributed by atoms with Crippen molar-refractivity contribution in [3.8, 4) is 0 Å². The van der Waals surface area contributed by atoms with Crippen molar-refractivity contribution in [2.75, 3.05) is 7.11 Å². The van der Waals surface area contributed by atoms with Crippen molar-refractivity contribution in [1.29, 1.82) is 0 Å². The molecule has 0 saturated heterocycles. The molecule has 0 bridgehead atoms. The summed E-state index contributed by atoms with van der Waals surface area (Å²) in [5.74, 6) is -0.958. The molecule has 1 aromatic heterocycles. The van der Waals surface area contributed by atoms with Crippen LogP contribution in [0.1, 0.15) is 21.6 Å². The highest BCUT2D eigenvalue weighted by molar-refractivity contribution is 7.07. The van der Waals surface area contributed by atoms with Crippen LogP contribution in [0.3, 0.4) is 0 Å². The van der Waals surface area contributed by atoms with Crippen LogP contribution < -0.4 is 4.87 Å². The minimum atomic E-state index is -0.507. The number of ether oxygens (including phenoxy) is 2. The zero-order valence-electron chi connectivity index (χ0n) is 12.2. The molecule has 0 N–H and O–H groups in total. The summed E-state index contributed by atoms with van der Waals surface area (Å²) in [4.78, 5) is 34.5. The summed E-state index contributed by atoms with van der Waals surface area (Å²) in [5.41, 5.74) is 1.78. The Labute approximate surface area is 130 Å². The molecule has 0 amide bonds. The van der Waals surface area contributed by atoms with Gasteiger partial charge in [0.15, 0.2) is 0 Å². The minimum Gasteiger partial charge on any atom is -0.465 e. The molecule has 2 aromatic rings. The molecule has 22 heavy (non-hydrogen) atoms. The molecule has 2 rings (SSSR count). The number of methoxy groups -OCH3 is 1. The number of carbonyl (C=O) groups is 2. The van der Waals surface area contributed by atoms with Crippen LogP contribution in [-0.4, -0.2) is 23.6 Å². The number of esters is 2. The van der Waals surface area contributed by atoms with Gasteiger partial charge in [0.2, 0.25) is 0 Å². The molecule has 0 saturated carbocycles. The Morgan fingerprint density at radius 1 is 1.32 bits per heavy atom. The second-order valence-corrected chi connectivity index (χ2v) is 5.40. The highest BCUT2D eigenvalue weighted by atomic mass is 32.1. The average Bonchev–Trinajstić information content (AvgIpc) is 2.84. The van der Waals surface area contributed by atoms with E-state index in [0.717, 1.165) is 17.0 Å². The summed E-state index contributed by atoms with van der Waals surface area (Å²) in [6, 6.07) is 6.64. The summed E-state index contributed by atoms with van der Waals surface area (Å²) in [6.07, 6.45) is 0. The van der Waals surface area contributed by atoms with Gasteiger partial charge in [-0.05, 0) is 24.6 Å². The lowest BCUT2D eigenvalue weighted by molar-refractivity contribution is -0.145. The highest BCUT2D eigenvalue weighted by Gasteiger charge is 2.11. The number of aryl methyl sites for hydroxylation is 1. The largest absolute Gasteiger partial charge is 0.465 e. The van der Waals surface area contributed by atoms with E-state index in [-0.39, 0.29) is 18.0 Å². The Morgan fingerprint density at radius 2 is 2.09 bits per heavy atom. The molecule has 0 unspecified atom stereocenters. The van der Waals surface area contributed by atoms with Gasteiger partial charge in [-0.15, -0.1) is 0 Å². The van der Waals surface area contributed by atoms with E-state index in [1.807, 2.05) is 0 Å². The van der Waals surface area contributed by atoms with E-state index in [1.165, 1.54) is 11.7 Å². The van der Waals surface area contributed by atoms with Gasteiger partial charge in [0.1, 0.15) is 13.2 Å². The number of aromatic nitrogens is 1. The quantitative estimate of drug-likeness (QED) is 0.784. The fraction of sp³-hybridized carbons (Fsp3) is 0.267. The van der Waals surface area contributed by atoms with E-state index in [0.29, 0.717) is 11.1 Å². The molecule has 1 aromatic carbocycles. The predicted molar refractivity (Wildman–Crippen MR) is 80.9 cm³/mol. The lowest BCUT2D eigenvalue weighted by atomic mass is 10.1. The number of thiazole rings is 1. The zero-order valence-corrected chi connectivity index (χ0v) is 13.0. The minimum absolute atomic E-state index is 0.0294. The van der Waals surface area contributed by atoms with Gasteiger partial charge in [0, 0.05) is 11.1 Å². The lowest BCUT2D eigenvalue weighted by Gasteiger charge is -2.07. The lowest BCUT2D eigenvalue weighted by Crippen LogP contribution is -2.22. The molecular weight excluding hydrogens is 306 g/mol. The van der Waals surface area contributed by atoms with Gasteiger partial charge in [-0.25, -0.2) is 4.79 Å². The zero-order chi connectivity index (χ0) is 16.1. The maximum atomic E-state index is 11.8. The van der Waals surface area contributed by atoms with Crippen molar-refractivity contribution >= 4 is 23.3 Å². The van der Waals surface area contributed by atoms with Crippen LogP contribution in [0.4, 0.5) is 0 Å². The maximum absolute atomic E-state index is 11.8. The third-order valence-electron chi connectivity index (χ3n) is 3.01. The number of carbonyl (C=O) groups excluding carboxylic acids is 2. The summed E-state index contributed by atoms with van der Waals surface area (Å²) >= 11 is 1.04. The van der Waals surface area contributed by atoms with Crippen molar-refractivity contribution in [3.05, 3.63) is 56.1 Å². The van der Waals surface area contributed by atoms with Gasteiger partial charge in [-0.3, -0.25) is 14.2 Å². The molecule has 0 fully saturated rings. The topological polar surface area (TPSA) is 74.6 Å². The molecule has 7 heteroatoms. The van der Waals surface area contributed by atoms with Crippen molar-refractivity contribution < 1.29 is 19.1 Å². The third-order valence-corrected chi connectivity index (χ3v) is 3.89. The second kappa shape index (κ2) is 7.04. The summed E-state index contributed by atoms with van der Waals surface area (Å²) in [6.45, 7) is 1.66. The van der Waals surface area contributed by atoms with Gasteiger partial charge in [0.25, 0.3) is 0 Å². The smallest absolute Gasteiger partial charge is 0.337 e. The van der Waals surface area contributed by atoms with E-state index >= 15 is 0 Å². The van der Waals surface area contributed by atoms with Crippen molar-refractivity contribution in [2.24, 2.45) is 0 Å². The molecule has 0 aliphatic heterocycles. The number of hydrogen-bond acceptors (Lipinski definition) is 6. The Kier molecular flexibility index (Phi) is 5.11. The van der Waals surface area contributed by atoms with Crippen molar-refractivity contribution in [1.82, 2.24) is 4.57 Å². The van der Waals surface area contributed by atoms with E-state index in [4.69, 9.17) is 4.74 Å².